The molecule has 1 saturated heterocycles. The van der Waals surface area contributed by atoms with Crippen molar-refractivity contribution in [3.8, 4) is 0 Å². The number of nitrogens with zero attached hydrogens (tertiary/aromatic N) is 2. The average Bonchev–Trinajstić information content (AvgIpc) is 3.02. The van der Waals surface area contributed by atoms with E-state index in [9.17, 15) is 28.8 Å². The van der Waals surface area contributed by atoms with Crippen LogP contribution in [0, 0.1) is 0 Å². The number of imide groups is 2. The summed E-state index contributed by atoms with van der Waals surface area (Å²) in [6, 6.07) is 0. The SMILES string of the molecule is O=C(CCC(=O)ON1C(=O)CCC1=O)OCCN1C(=O)C=CC1=O. The van der Waals surface area contributed by atoms with Crippen LogP contribution in [0.15, 0.2) is 12.2 Å². The minimum atomic E-state index is -0.912. The lowest BCUT2D eigenvalue weighted by Crippen LogP contribution is -2.34. The number of hydrogen-bond acceptors (Lipinski definition) is 8. The molecule has 10 heteroatoms. The maximum Gasteiger partial charge on any atom is 0.333 e. The minimum absolute atomic E-state index is 0.0169. The molecule has 1 fully saturated rings. The van der Waals surface area contributed by atoms with Gasteiger partial charge in [-0.2, -0.15) is 0 Å². The Morgan fingerprint density at radius 3 is 2.04 bits per heavy atom. The molecule has 0 aromatic rings. The van der Waals surface area contributed by atoms with Gasteiger partial charge in [0.15, 0.2) is 0 Å². The van der Waals surface area contributed by atoms with Gasteiger partial charge in [-0.15, -0.1) is 5.06 Å². The molecule has 2 rings (SSSR count). The van der Waals surface area contributed by atoms with E-state index in [0.717, 1.165) is 17.1 Å². The largest absolute Gasteiger partial charge is 0.464 e. The van der Waals surface area contributed by atoms with Crippen molar-refractivity contribution >= 4 is 35.6 Å². The first kappa shape index (κ1) is 17.3. The summed E-state index contributed by atoms with van der Waals surface area (Å²) in [4.78, 5) is 73.4. The summed E-state index contributed by atoms with van der Waals surface area (Å²) < 4.78 is 4.80. The Kier molecular flexibility index (Phi) is 5.40. The highest BCUT2D eigenvalue weighted by molar-refractivity contribution is 6.12. The third kappa shape index (κ3) is 4.24. The molecule has 0 saturated carbocycles. The molecule has 0 aromatic carbocycles. The Morgan fingerprint density at radius 1 is 0.917 bits per heavy atom. The highest BCUT2D eigenvalue weighted by Gasteiger charge is 2.32. The van der Waals surface area contributed by atoms with Crippen molar-refractivity contribution in [1.29, 1.82) is 0 Å². The Balaban J connectivity index is 1.63. The second kappa shape index (κ2) is 7.49. The van der Waals surface area contributed by atoms with Gasteiger partial charge in [-0.3, -0.25) is 28.9 Å². The molecule has 0 bridgehead atoms. The van der Waals surface area contributed by atoms with Gasteiger partial charge in [-0.25, -0.2) is 4.79 Å². The number of ether oxygens (including phenoxy) is 1. The van der Waals surface area contributed by atoms with E-state index in [2.05, 4.69) is 4.84 Å². The normalized spacial score (nSPS) is 17.0. The van der Waals surface area contributed by atoms with Crippen LogP contribution in [0.5, 0.6) is 0 Å². The molecule has 0 aromatic heterocycles. The molecule has 0 spiro atoms. The van der Waals surface area contributed by atoms with Crippen LogP contribution in [-0.4, -0.2) is 58.7 Å². The smallest absolute Gasteiger partial charge is 0.333 e. The molecule has 24 heavy (non-hydrogen) atoms. The first-order chi connectivity index (χ1) is 11.4. The van der Waals surface area contributed by atoms with Crippen molar-refractivity contribution < 1.29 is 38.3 Å². The van der Waals surface area contributed by atoms with Gasteiger partial charge in [-0.05, 0) is 0 Å². The lowest BCUT2D eigenvalue weighted by Gasteiger charge is -2.14. The number of hydrogen-bond donors (Lipinski definition) is 0. The standard InChI is InChI=1S/C14H14N2O8/c17-9-1-2-10(18)15(9)7-8-23-13(21)5-6-14(22)24-16-11(19)3-4-12(16)20/h1-2H,3-8H2. The molecule has 0 aliphatic carbocycles. The molecule has 4 amide bonds. The molecule has 0 N–H and O–H groups in total. The molecule has 2 aliphatic rings. The summed E-state index contributed by atoms with van der Waals surface area (Å²) >= 11 is 0. The number of hydroxylamine groups is 2. The maximum atomic E-state index is 11.5. The molecule has 10 nitrogen and oxygen atoms in total. The summed E-state index contributed by atoms with van der Waals surface area (Å²) in [5.74, 6) is -3.84. The van der Waals surface area contributed by atoms with Crippen LogP contribution >= 0.6 is 0 Å². The fourth-order valence-corrected chi connectivity index (χ4v) is 1.98. The van der Waals surface area contributed by atoms with Gasteiger partial charge in [0, 0.05) is 25.0 Å². The minimum Gasteiger partial charge on any atom is -0.464 e. The van der Waals surface area contributed by atoms with Gasteiger partial charge in [0.1, 0.15) is 6.61 Å². The monoisotopic (exact) mass is 338 g/mol. The number of amides is 4. The van der Waals surface area contributed by atoms with E-state index < -0.39 is 35.6 Å². The lowest BCUT2D eigenvalue weighted by molar-refractivity contribution is -0.197. The van der Waals surface area contributed by atoms with Crippen molar-refractivity contribution in [3.05, 3.63) is 12.2 Å². The third-order valence-corrected chi connectivity index (χ3v) is 3.21. The Bertz CT molecular complexity index is 605. The predicted molar refractivity (Wildman–Crippen MR) is 73.2 cm³/mol. The Hall–Kier alpha value is -3.04. The Labute approximate surface area is 135 Å². The van der Waals surface area contributed by atoms with Crippen LogP contribution in [0.1, 0.15) is 25.7 Å². The van der Waals surface area contributed by atoms with E-state index in [0.29, 0.717) is 5.06 Å². The fraction of sp³-hybridized carbons (Fsp3) is 0.429. The third-order valence-electron chi connectivity index (χ3n) is 3.21. The van der Waals surface area contributed by atoms with Crippen molar-refractivity contribution in [2.24, 2.45) is 0 Å². The number of esters is 1. The van der Waals surface area contributed by atoms with E-state index in [1.807, 2.05) is 0 Å². The number of carbonyl (C=O) groups excluding carboxylic acids is 6. The van der Waals surface area contributed by atoms with E-state index in [1.165, 1.54) is 0 Å². The van der Waals surface area contributed by atoms with Crippen LogP contribution in [0.4, 0.5) is 0 Å². The fourth-order valence-electron chi connectivity index (χ4n) is 1.98. The van der Waals surface area contributed by atoms with Crippen LogP contribution < -0.4 is 0 Å². The van der Waals surface area contributed by atoms with Crippen molar-refractivity contribution in [1.82, 2.24) is 9.96 Å². The van der Waals surface area contributed by atoms with Crippen molar-refractivity contribution in [3.63, 3.8) is 0 Å². The predicted octanol–water partition coefficient (Wildman–Crippen LogP) is -1.16. The molecular weight excluding hydrogens is 324 g/mol. The molecule has 0 unspecified atom stereocenters. The number of rotatable bonds is 7. The van der Waals surface area contributed by atoms with Crippen LogP contribution in [-0.2, 0) is 38.3 Å². The lowest BCUT2D eigenvalue weighted by atomic mass is 10.3. The van der Waals surface area contributed by atoms with E-state index in [4.69, 9.17) is 4.74 Å². The molecule has 0 radical (unpaired) electrons. The summed E-state index contributed by atoms with van der Waals surface area (Å²) in [7, 11) is 0. The topological polar surface area (TPSA) is 127 Å². The van der Waals surface area contributed by atoms with Gasteiger partial charge in [0.2, 0.25) is 0 Å². The van der Waals surface area contributed by atoms with Gasteiger partial charge in [-0.1, -0.05) is 0 Å². The first-order valence-electron chi connectivity index (χ1n) is 7.14. The second-order valence-electron chi connectivity index (χ2n) is 4.93. The van der Waals surface area contributed by atoms with E-state index in [-0.39, 0.29) is 38.8 Å². The summed E-state index contributed by atoms with van der Waals surface area (Å²) in [5.41, 5.74) is 0. The molecule has 2 aliphatic heterocycles. The van der Waals surface area contributed by atoms with Crippen molar-refractivity contribution in [2.75, 3.05) is 13.2 Å². The van der Waals surface area contributed by atoms with Crippen molar-refractivity contribution in [2.45, 2.75) is 25.7 Å². The summed E-state index contributed by atoms with van der Waals surface area (Å²) in [6.45, 7) is -0.284. The number of carbonyl (C=O) groups is 6. The zero-order chi connectivity index (χ0) is 17.7. The zero-order valence-electron chi connectivity index (χ0n) is 12.6. The highest BCUT2D eigenvalue weighted by atomic mass is 16.7. The second-order valence-corrected chi connectivity index (χ2v) is 4.93. The molecule has 0 atom stereocenters. The van der Waals surface area contributed by atoms with Crippen LogP contribution in [0.25, 0.3) is 0 Å². The maximum absolute atomic E-state index is 11.5. The van der Waals surface area contributed by atoms with Gasteiger partial charge >= 0.3 is 11.9 Å². The Morgan fingerprint density at radius 2 is 1.46 bits per heavy atom. The highest BCUT2D eigenvalue weighted by Crippen LogP contribution is 2.13. The summed E-state index contributed by atoms with van der Waals surface area (Å²) in [6.07, 6.45) is 1.49. The van der Waals surface area contributed by atoms with Gasteiger partial charge in [0.05, 0.1) is 19.4 Å². The summed E-state index contributed by atoms with van der Waals surface area (Å²) in [5, 5.41) is 0.394. The molecular formula is C14H14N2O8. The van der Waals surface area contributed by atoms with Crippen LogP contribution in [0.3, 0.4) is 0 Å². The van der Waals surface area contributed by atoms with Gasteiger partial charge < -0.3 is 9.57 Å². The molecule has 2 heterocycles. The quantitative estimate of drug-likeness (QED) is 0.420. The zero-order valence-corrected chi connectivity index (χ0v) is 12.6. The van der Waals surface area contributed by atoms with Crippen LogP contribution in [0.2, 0.25) is 0 Å². The van der Waals surface area contributed by atoms with E-state index >= 15 is 0 Å². The van der Waals surface area contributed by atoms with E-state index in [1.54, 1.807) is 0 Å². The first-order valence-corrected chi connectivity index (χ1v) is 7.14. The molecule has 128 valence electrons. The van der Waals surface area contributed by atoms with Gasteiger partial charge in [0.25, 0.3) is 23.6 Å². The average molecular weight is 338 g/mol.